The van der Waals surface area contributed by atoms with Crippen molar-refractivity contribution in [3.8, 4) is 0 Å². The second kappa shape index (κ2) is 4.28. The molecule has 5 nitrogen and oxygen atoms in total. The fraction of sp³-hybridized carbons (Fsp3) is 0.800. The van der Waals surface area contributed by atoms with Gasteiger partial charge in [0, 0.05) is 19.1 Å². The molecule has 0 bridgehead atoms. The SMILES string of the molecule is Cn1nc(C(C)(C)C)nc1C(N)CCO. The van der Waals surface area contributed by atoms with Crippen LogP contribution in [0.1, 0.15) is 44.9 Å². The van der Waals surface area contributed by atoms with Gasteiger partial charge in [0.2, 0.25) is 0 Å². The summed E-state index contributed by atoms with van der Waals surface area (Å²) in [5.74, 6) is 1.52. The first-order valence-electron chi connectivity index (χ1n) is 5.14. The molecule has 1 unspecified atom stereocenters. The van der Waals surface area contributed by atoms with Gasteiger partial charge in [0.25, 0.3) is 0 Å². The Hall–Kier alpha value is -0.940. The Kier molecular flexibility index (Phi) is 3.46. The van der Waals surface area contributed by atoms with E-state index in [0.29, 0.717) is 6.42 Å². The van der Waals surface area contributed by atoms with Gasteiger partial charge in [-0.2, -0.15) is 5.10 Å². The molecule has 86 valence electrons. The Morgan fingerprint density at radius 2 is 2.07 bits per heavy atom. The smallest absolute Gasteiger partial charge is 0.156 e. The van der Waals surface area contributed by atoms with Crippen LogP contribution in [0.5, 0.6) is 0 Å². The summed E-state index contributed by atoms with van der Waals surface area (Å²) in [5, 5.41) is 13.1. The third kappa shape index (κ3) is 2.76. The highest BCUT2D eigenvalue weighted by Gasteiger charge is 2.22. The minimum Gasteiger partial charge on any atom is -0.396 e. The fourth-order valence-electron chi connectivity index (χ4n) is 1.31. The summed E-state index contributed by atoms with van der Waals surface area (Å²) < 4.78 is 1.70. The molecule has 15 heavy (non-hydrogen) atoms. The van der Waals surface area contributed by atoms with Crippen LogP contribution in [0.2, 0.25) is 0 Å². The largest absolute Gasteiger partial charge is 0.396 e. The Balaban J connectivity index is 2.96. The monoisotopic (exact) mass is 212 g/mol. The quantitative estimate of drug-likeness (QED) is 0.764. The second-order valence-corrected chi connectivity index (χ2v) is 4.79. The molecule has 0 aliphatic heterocycles. The summed E-state index contributed by atoms with van der Waals surface area (Å²) in [6.07, 6.45) is 0.510. The predicted octanol–water partition coefficient (Wildman–Crippen LogP) is 0.495. The molecule has 0 amide bonds. The molecule has 0 aromatic carbocycles. The van der Waals surface area contributed by atoms with E-state index in [0.717, 1.165) is 11.6 Å². The van der Waals surface area contributed by atoms with Crippen LogP contribution >= 0.6 is 0 Å². The van der Waals surface area contributed by atoms with Crippen molar-refractivity contribution < 1.29 is 5.11 Å². The summed E-state index contributed by atoms with van der Waals surface area (Å²) in [5.41, 5.74) is 5.81. The predicted molar refractivity (Wildman–Crippen MR) is 58.3 cm³/mol. The summed E-state index contributed by atoms with van der Waals surface area (Å²) in [6, 6.07) is -0.247. The molecule has 0 aliphatic carbocycles. The van der Waals surface area contributed by atoms with Crippen LogP contribution in [0.25, 0.3) is 0 Å². The summed E-state index contributed by atoms with van der Waals surface area (Å²) in [7, 11) is 1.83. The number of aromatic nitrogens is 3. The number of aryl methyl sites for hydroxylation is 1. The topological polar surface area (TPSA) is 77.0 Å². The molecule has 0 radical (unpaired) electrons. The zero-order valence-corrected chi connectivity index (χ0v) is 9.86. The van der Waals surface area contributed by atoms with Crippen molar-refractivity contribution in [1.82, 2.24) is 14.8 Å². The van der Waals surface area contributed by atoms with Crippen molar-refractivity contribution in [2.45, 2.75) is 38.6 Å². The normalized spacial score (nSPS) is 14.3. The number of aliphatic hydroxyl groups is 1. The second-order valence-electron chi connectivity index (χ2n) is 4.79. The fourth-order valence-corrected chi connectivity index (χ4v) is 1.31. The van der Waals surface area contributed by atoms with Gasteiger partial charge >= 0.3 is 0 Å². The molecule has 1 atom stereocenters. The van der Waals surface area contributed by atoms with Crippen molar-refractivity contribution >= 4 is 0 Å². The van der Waals surface area contributed by atoms with Crippen LogP contribution in [0.4, 0.5) is 0 Å². The van der Waals surface area contributed by atoms with E-state index in [1.807, 2.05) is 7.05 Å². The number of rotatable bonds is 3. The average Bonchev–Trinajstić information content (AvgIpc) is 2.47. The number of nitrogens with two attached hydrogens (primary N) is 1. The minimum atomic E-state index is -0.247. The highest BCUT2D eigenvalue weighted by molar-refractivity contribution is 5.05. The van der Waals surface area contributed by atoms with E-state index >= 15 is 0 Å². The van der Waals surface area contributed by atoms with E-state index in [2.05, 4.69) is 30.9 Å². The highest BCUT2D eigenvalue weighted by Crippen LogP contribution is 2.20. The minimum absolute atomic E-state index is 0.0683. The molecule has 1 heterocycles. The van der Waals surface area contributed by atoms with Crippen molar-refractivity contribution in [3.05, 3.63) is 11.6 Å². The van der Waals surface area contributed by atoms with Crippen LogP contribution in [0.15, 0.2) is 0 Å². The average molecular weight is 212 g/mol. The molecule has 1 aromatic heterocycles. The van der Waals surface area contributed by atoms with E-state index in [-0.39, 0.29) is 18.1 Å². The van der Waals surface area contributed by atoms with Crippen LogP contribution in [0.3, 0.4) is 0 Å². The van der Waals surface area contributed by atoms with Gasteiger partial charge in [-0.05, 0) is 6.42 Å². The Bertz CT molecular complexity index is 327. The molecule has 1 aromatic rings. The van der Waals surface area contributed by atoms with Crippen LogP contribution in [-0.4, -0.2) is 26.5 Å². The number of hydrogen-bond acceptors (Lipinski definition) is 4. The van der Waals surface area contributed by atoms with Crippen LogP contribution in [-0.2, 0) is 12.5 Å². The first kappa shape index (κ1) is 12.1. The van der Waals surface area contributed by atoms with Crippen molar-refractivity contribution in [2.24, 2.45) is 12.8 Å². The molecule has 0 spiro atoms. The lowest BCUT2D eigenvalue weighted by Crippen LogP contribution is -2.17. The number of aliphatic hydroxyl groups excluding tert-OH is 1. The molecule has 0 saturated carbocycles. The maximum Gasteiger partial charge on any atom is 0.156 e. The summed E-state index contributed by atoms with van der Waals surface area (Å²) >= 11 is 0. The molecule has 0 saturated heterocycles. The Morgan fingerprint density at radius 1 is 1.47 bits per heavy atom. The maximum absolute atomic E-state index is 8.82. The van der Waals surface area contributed by atoms with Crippen molar-refractivity contribution in [2.75, 3.05) is 6.61 Å². The van der Waals surface area contributed by atoms with Gasteiger partial charge in [-0.15, -0.1) is 0 Å². The van der Waals surface area contributed by atoms with Crippen LogP contribution < -0.4 is 5.73 Å². The summed E-state index contributed by atoms with van der Waals surface area (Å²) in [4.78, 5) is 4.42. The molecule has 0 fully saturated rings. The van der Waals surface area contributed by atoms with E-state index in [1.54, 1.807) is 4.68 Å². The van der Waals surface area contributed by atoms with Gasteiger partial charge in [0.15, 0.2) is 5.82 Å². The van der Waals surface area contributed by atoms with Gasteiger partial charge < -0.3 is 10.8 Å². The first-order chi connectivity index (χ1) is 6.86. The van der Waals surface area contributed by atoms with Crippen molar-refractivity contribution in [1.29, 1.82) is 0 Å². The molecular weight excluding hydrogens is 192 g/mol. The lowest BCUT2D eigenvalue weighted by atomic mass is 9.96. The molecule has 3 N–H and O–H groups in total. The van der Waals surface area contributed by atoms with Crippen molar-refractivity contribution in [3.63, 3.8) is 0 Å². The number of nitrogens with zero attached hydrogens (tertiary/aromatic N) is 3. The lowest BCUT2D eigenvalue weighted by molar-refractivity contribution is 0.273. The Labute approximate surface area is 90.3 Å². The first-order valence-corrected chi connectivity index (χ1v) is 5.14. The summed E-state index contributed by atoms with van der Waals surface area (Å²) in [6.45, 7) is 6.25. The standard InChI is InChI=1S/C10H20N4O/c1-10(2,3)9-12-8(14(4)13-9)7(11)5-6-15/h7,15H,5-6,11H2,1-4H3. The van der Waals surface area contributed by atoms with Gasteiger partial charge in [-0.3, -0.25) is 4.68 Å². The third-order valence-corrected chi connectivity index (χ3v) is 2.24. The Morgan fingerprint density at radius 3 is 2.47 bits per heavy atom. The highest BCUT2D eigenvalue weighted by atomic mass is 16.3. The van der Waals surface area contributed by atoms with Gasteiger partial charge in [-0.25, -0.2) is 4.98 Å². The van der Waals surface area contributed by atoms with Gasteiger partial charge in [-0.1, -0.05) is 20.8 Å². The van der Waals surface area contributed by atoms with Crippen LogP contribution in [0, 0.1) is 0 Å². The zero-order valence-electron chi connectivity index (χ0n) is 9.86. The van der Waals surface area contributed by atoms with E-state index < -0.39 is 0 Å². The van der Waals surface area contributed by atoms with E-state index in [9.17, 15) is 0 Å². The van der Waals surface area contributed by atoms with Gasteiger partial charge in [0.05, 0.1) is 6.04 Å². The molecular formula is C10H20N4O. The van der Waals surface area contributed by atoms with Gasteiger partial charge in [0.1, 0.15) is 5.82 Å². The van der Waals surface area contributed by atoms with E-state index in [4.69, 9.17) is 10.8 Å². The van der Waals surface area contributed by atoms with E-state index in [1.165, 1.54) is 0 Å². The zero-order chi connectivity index (χ0) is 11.6. The number of hydrogen-bond donors (Lipinski definition) is 2. The lowest BCUT2D eigenvalue weighted by Gasteiger charge is -2.12. The molecule has 1 rings (SSSR count). The molecule has 0 aliphatic rings. The maximum atomic E-state index is 8.82. The molecule has 5 heteroatoms. The third-order valence-electron chi connectivity index (χ3n) is 2.24.